The highest BCUT2D eigenvalue weighted by Gasteiger charge is 2.12. The number of nitrogen functional groups attached to an aromatic ring is 1. The smallest absolute Gasteiger partial charge is 0.152 e. The number of methoxy groups -OCH3 is 1. The van der Waals surface area contributed by atoms with Gasteiger partial charge in [0.25, 0.3) is 0 Å². The first-order valence-electron chi connectivity index (χ1n) is 6.00. The van der Waals surface area contributed by atoms with Crippen molar-refractivity contribution in [1.29, 1.82) is 0 Å². The Hall–Kier alpha value is -1.69. The maximum atomic E-state index is 6.04. The van der Waals surface area contributed by atoms with Gasteiger partial charge in [0.05, 0.1) is 23.0 Å². The minimum absolute atomic E-state index is 0.675. The summed E-state index contributed by atoms with van der Waals surface area (Å²) in [5.41, 5.74) is 8.47. The molecule has 3 N–H and O–H groups in total. The molecule has 0 unspecified atom stereocenters. The fraction of sp³-hybridized carbons (Fsp3) is 0.308. The lowest BCUT2D eigenvalue weighted by atomic mass is 10.3. The van der Waals surface area contributed by atoms with E-state index in [1.165, 1.54) is 0 Å². The Morgan fingerprint density at radius 3 is 2.79 bits per heavy atom. The highest BCUT2D eigenvalue weighted by Crippen LogP contribution is 2.31. The number of benzene rings is 1. The Bertz CT molecular complexity index is 595. The molecule has 0 aliphatic heterocycles. The number of rotatable bonds is 4. The number of hydrogen-bond donors (Lipinski definition) is 2. The number of aryl methyl sites for hydroxylation is 2. The van der Waals surface area contributed by atoms with Gasteiger partial charge in [-0.1, -0.05) is 0 Å². The number of aromatic nitrogens is 2. The van der Waals surface area contributed by atoms with Gasteiger partial charge in [0, 0.05) is 12.2 Å². The third-order valence-electron chi connectivity index (χ3n) is 2.89. The van der Waals surface area contributed by atoms with Crippen molar-refractivity contribution in [3.05, 3.63) is 28.4 Å². The first kappa shape index (κ1) is 13.7. The Morgan fingerprint density at radius 1 is 1.47 bits per heavy atom. The van der Waals surface area contributed by atoms with Crippen LogP contribution in [0.5, 0.6) is 5.75 Å². The predicted molar refractivity (Wildman–Crippen MR) is 81.0 cm³/mol. The second kappa shape index (κ2) is 5.52. The Kier molecular flexibility index (Phi) is 3.99. The third-order valence-corrected chi connectivity index (χ3v) is 3.51. The summed E-state index contributed by atoms with van der Waals surface area (Å²) in [6, 6.07) is 5.77. The number of hydrogen-bond acceptors (Lipinski definition) is 4. The van der Waals surface area contributed by atoms with Crippen LogP contribution in [0.2, 0.25) is 0 Å². The van der Waals surface area contributed by atoms with Gasteiger partial charge in [0.2, 0.25) is 0 Å². The largest absolute Gasteiger partial charge is 0.496 e. The Morgan fingerprint density at radius 2 is 2.21 bits per heavy atom. The maximum absolute atomic E-state index is 6.04. The molecule has 1 heterocycles. The predicted octanol–water partition coefficient (Wildman–Crippen LogP) is 3.31. The molecular weight excluding hydrogens is 308 g/mol. The number of ether oxygens (including phenoxy) is 1. The van der Waals surface area contributed by atoms with Crippen molar-refractivity contribution in [2.75, 3.05) is 18.2 Å². The lowest BCUT2D eigenvalue weighted by Crippen LogP contribution is -2.04. The minimum Gasteiger partial charge on any atom is -0.496 e. The van der Waals surface area contributed by atoms with Crippen LogP contribution in [0.3, 0.4) is 0 Å². The summed E-state index contributed by atoms with van der Waals surface area (Å²) in [5, 5.41) is 7.67. The monoisotopic (exact) mass is 324 g/mol. The van der Waals surface area contributed by atoms with Crippen molar-refractivity contribution >= 4 is 33.1 Å². The summed E-state index contributed by atoms with van der Waals surface area (Å²) in [4.78, 5) is 0. The van der Waals surface area contributed by atoms with Crippen LogP contribution in [0.1, 0.15) is 12.6 Å². The molecule has 0 spiro atoms. The van der Waals surface area contributed by atoms with E-state index in [4.69, 9.17) is 10.5 Å². The minimum atomic E-state index is 0.675. The van der Waals surface area contributed by atoms with Crippen LogP contribution < -0.4 is 15.8 Å². The Balaban J connectivity index is 2.33. The van der Waals surface area contributed by atoms with Crippen LogP contribution in [0.15, 0.2) is 22.7 Å². The molecule has 0 aliphatic carbocycles. The molecule has 2 rings (SSSR count). The summed E-state index contributed by atoms with van der Waals surface area (Å²) in [6.45, 7) is 4.69. The lowest BCUT2D eigenvalue weighted by Gasteiger charge is -2.11. The molecule has 0 atom stereocenters. The molecule has 0 saturated carbocycles. The molecular formula is C13H17BrN4O. The number of anilines is 3. The van der Waals surface area contributed by atoms with Crippen LogP contribution in [-0.2, 0) is 6.54 Å². The zero-order valence-corrected chi connectivity index (χ0v) is 12.8. The maximum Gasteiger partial charge on any atom is 0.152 e. The van der Waals surface area contributed by atoms with Gasteiger partial charge >= 0.3 is 0 Å². The molecule has 0 radical (unpaired) electrons. The fourth-order valence-electron chi connectivity index (χ4n) is 1.84. The van der Waals surface area contributed by atoms with Gasteiger partial charge in [-0.25, -0.2) is 4.68 Å². The van der Waals surface area contributed by atoms with Crippen molar-refractivity contribution in [3.63, 3.8) is 0 Å². The van der Waals surface area contributed by atoms with Crippen LogP contribution in [-0.4, -0.2) is 16.9 Å². The number of nitrogens with two attached hydrogens (primary N) is 1. The summed E-state index contributed by atoms with van der Waals surface area (Å²) >= 11 is 3.46. The van der Waals surface area contributed by atoms with E-state index in [1.54, 1.807) is 7.11 Å². The van der Waals surface area contributed by atoms with Crippen molar-refractivity contribution in [2.45, 2.75) is 20.4 Å². The second-order valence-electron chi connectivity index (χ2n) is 4.14. The Labute approximate surface area is 120 Å². The van der Waals surface area contributed by atoms with Crippen LogP contribution >= 0.6 is 15.9 Å². The normalized spacial score (nSPS) is 10.5. The third kappa shape index (κ3) is 2.68. The molecule has 1 aromatic heterocycles. The fourth-order valence-corrected chi connectivity index (χ4v) is 2.38. The molecule has 0 aliphatic rings. The molecule has 0 amide bonds. The molecule has 0 bridgehead atoms. The lowest BCUT2D eigenvalue weighted by molar-refractivity contribution is 0.412. The van der Waals surface area contributed by atoms with Gasteiger partial charge in [-0.2, -0.15) is 5.10 Å². The van der Waals surface area contributed by atoms with Gasteiger partial charge in [-0.15, -0.1) is 0 Å². The van der Waals surface area contributed by atoms with E-state index >= 15 is 0 Å². The van der Waals surface area contributed by atoms with E-state index in [-0.39, 0.29) is 0 Å². The van der Waals surface area contributed by atoms with Crippen LogP contribution in [0.4, 0.5) is 17.2 Å². The zero-order valence-electron chi connectivity index (χ0n) is 11.2. The van der Waals surface area contributed by atoms with Gasteiger partial charge < -0.3 is 15.8 Å². The highest BCUT2D eigenvalue weighted by molar-refractivity contribution is 9.10. The van der Waals surface area contributed by atoms with Crippen molar-refractivity contribution in [1.82, 2.24) is 9.78 Å². The molecule has 19 heavy (non-hydrogen) atoms. The molecule has 0 saturated heterocycles. The number of halogens is 1. The first-order valence-corrected chi connectivity index (χ1v) is 6.79. The van der Waals surface area contributed by atoms with Crippen molar-refractivity contribution in [3.8, 4) is 5.75 Å². The van der Waals surface area contributed by atoms with E-state index < -0.39 is 0 Å². The van der Waals surface area contributed by atoms with Crippen LogP contribution in [0.25, 0.3) is 0 Å². The van der Waals surface area contributed by atoms with Gasteiger partial charge in [0.1, 0.15) is 5.75 Å². The average Bonchev–Trinajstić information content (AvgIpc) is 2.67. The molecule has 102 valence electrons. The summed E-state index contributed by atoms with van der Waals surface area (Å²) in [6.07, 6.45) is 0. The molecule has 1 aromatic carbocycles. The zero-order chi connectivity index (χ0) is 14.0. The first-order chi connectivity index (χ1) is 9.06. The van der Waals surface area contributed by atoms with Crippen molar-refractivity contribution < 1.29 is 4.74 Å². The van der Waals surface area contributed by atoms with E-state index in [9.17, 15) is 0 Å². The van der Waals surface area contributed by atoms with Crippen molar-refractivity contribution in [2.24, 2.45) is 0 Å². The van der Waals surface area contributed by atoms with E-state index in [2.05, 4.69) is 26.3 Å². The topological polar surface area (TPSA) is 65.1 Å². The van der Waals surface area contributed by atoms with E-state index in [0.29, 0.717) is 5.69 Å². The quantitative estimate of drug-likeness (QED) is 0.905. The number of nitrogens with one attached hydrogen (secondary N) is 1. The molecule has 5 nitrogen and oxygen atoms in total. The molecule has 0 fully saturated rings. The van der Waals surface area contributed by atoms with Crippen LogP contribution in [0, 0.1) is 6.92 Å². The number of nitrogens with zero attached hydrogens (tertiary/aromatic N) is 2. The van der Waals surface area contributed by atoms with E-state index in [0.717, 1.165) is 34.0 Å². The van der Waals surface area contributed by atoms with Gasteiger partial charge in [0.15, 0.2) is 5.82 Å². The highest BCUT2D eigenvalue weighted by atomic mass is 79.9. The standard InChI is InChI=1S/C13H17BrN4O/c1-4-18-13(12(15)8(2)17-18)16-9-5-6-11(19-3)10(14)7-9/h5-7,16H,4,15H2,1-3H3. The molecule has 2 aromatic rings. The van der Waals surface area contributed by atoms with Gasteiger partial charge in [-0.3, -0.25) is 0 Å². The second-order valence-corrected chi connectivity index (χ2v) is 4.99. The average molecular weight is 325 g/mol. The molecule has 6 heteroatoms. The van der Waals surface area contributed by atoms with E-state index in [1.807, 2.05) is 36.7 Å². The SMILES string of the molecule is CCn1nc(C)c(N)c1Nc1ccc(OC)c(Br)c1. The van der Waals surface area contributed by atoms with Gasteiger partial charge in [-0.05, 0) is 48.0 Å². The summed E-state index contributed by atoms with van der Waals surface area (Å²) < 4.78 is 7.94. The summed E-state index contributed by atoms with van der Waals surface area (Å²) in [7, 11) is 1.64. The summed E-state index contributed by atoms with van der Waals surface area (Å²) in [5.74, 6) is 1.61.